The molecular weight excluding hydrogens is 264 g/mol. The molecule has 1 atom stereocenters. The first kappa shape index (κ1) is 14.5. The van der Waals surface area contributed by atoms with Crippen LogP contribution in [0.1, 0.15) is 62.7 Å². The number of nitrogens with zero attached hydrogens (tertiary/aromatic N) is 2. The number of rotatable bonds is 3. The molecule has 1 aliphatic carbocycles. The Morgan fingerprint density at radius 2 is 1.95 bits per heavy atom. The first-order valence-corrected chi connectivity index (χ1v) is 7.88. The molecule has 21 heavy (non-hydrogen) atoms. The zero-order valence-electron chi connectivity index (χ0n) is 12.7. The van der Waals surface area contributed by atoms with Crippen LogP contribution in [0.2, 0.25) is 0 Å². The molecule has 0 aromatic carbocycles. The molecular formula is C17H24N2O2. The molecule has 2 N–H and O–H groups in total. The summed E-state index contributed by atoms with van der Waals surface area (Å²) in [5, 5.41) is 20.6. The molecule has 1 aliphatic rings. The van der Waals surface area contributed by atoms with Crippen molar-refractivity contribution in [2.45, 2.75) is 57.7 Å². The molecule has 1 unspecified atom stereocenters. The lowest BCUT2D eigenvalue weighted by Gasteiger charge is -2.31. The van der Waals surface area contributed by atoms with E-state index in [2.05, 4.69) is 24.9 Å². The number of imidazole rings is 1. The van der Waals surface area contributed by atoms with Gasteiger partial charge in [0.05, 0.1) is 30.2 Å². The number of aliphatic hydroxyl groups is 2. The van der Waals surface area contributed by atoms with Gasteiger partial charge in [-0.2, -0.15) is 0 Å². The van der Waals surface area contributed by atoms with E-state index >= 15 is 0 Å². The van der Waals surface area contributed by atoms with Gasteiger partial charge >= 0.3 is 0 Å². The highest BCUT2D eigenvalue weighted by molar-refractivity contribution is 5.58. The lowest BCUT2D eigenvalue weighted by atomic mass is 9.79. The van der Waals surface area contributed by atoms with Gasteiger partial charge in [0, 0.05) is 11.8 Å². The standard InChI is InChI=1S/C17H24N2O2/c1-11(2)14-7-8-19-10-18-9-15(19)16(14)17(21)12-3-5-13(20)6-4-12/h7-13,17,20-21H,3-6H2,1-2H3/t12-,13-,17?. The van der Waals surface area contributed by atoms with Crippen molar-refractivity contribution < 1.29 is 10.2 Å². The normalized spacial score (nSPS) is 24.6. The molecule has 0 bridgehead atoms. The Morgan fingerprint density at radius 3 is 2.62 bits per heavy atom. The molecule has 1 saturated carbocycles. The van der Waals surface area contributed by atoms with Crippen LogP contribution in [-0.4, -0.2) is 25.7 Å². The fourth-order valence-corrected chi connectivity index (χ4v) is 3.51. The van der Waals surface area contributed by atoms with Gasteiger partial charge in [-0.3, -0.25) is 0 Å². The van der Waals surface area contributed by atoms with E-state index in [4.69, 9.17) is 0 Å². The molecule has 0 saturated heterocycles. The van der Waals surface area contributed by atoms with Gasteiger partial charge in [0.2, 0.25) is 0 Å². The minimum atomic E-state index is -0.477. The Balaban J connectivity index is 2.01. The molecule has 0 spiro atoms. The maximum absolute atomic E-state index is 11.0. The maximum atomic E-state index is 11.0. The van der Waals surface area contributed by atoms with Crippen molar-refractivity contribution in [2.24, 2.45) is 5.92 Å². The number of pyridine rings is 1. The fraction of sp³-hybridized carbons (Fsp3) is 0.588. The molecule has 1 fully saturated rings. The number of aromatic nitrogens is 2. The van der Waals surface area contributed by atoms with Gasteiger partial charge in [-0.25, -0.2) is 4.98 Å². The van der Waals surface area contributed by atoms with Crippen LogP contribution in [0.5, 0.6) is 0 Å². The SMILES string of the molecule is CC(C)c1ccn2cncc2c1C(O)[C@H]1CC[C@H](O)CC1. The fourth-order valence-electron chi connectivity index (χ4n) is 3.51. The van der Waals surface area contributed by atoms with Crippen molar-refractivity contribution in [3.63, 3.8) is 0 Å². The average Bonchev–Trinajstić information content (AvgIpc) is 2.94. The predicted molar refractivity (Wildman–Crippen MR) is 82.2 cm³/mol. The molecule has 3 rings (SSSR count). The summed E-state index contributed by atoms with van der Waals surface area (Å²) in [4.78, 5) is 4.21. The summed E-state index contributed by atoms with van der Waals surface area (Å²) in [5.41, 5.74) is 3.22. The van der Waals surface area contributed by atoms with E-state index < -0.39 is 6.10 Å². The average molecular weight is 288 g/mol. The second-order valence-corrected chi connectivity index (χ2v) is 6.54. The third-order valence-corrected chi connectivity index (χ3v) is 4.77. The summed E-state index contributed by atoms with van der Waals surface area (Å²) in [6.07, 6.45) is 8.31. The zero-order valence-corrected chi connectivity index (χ0v) is 12.7. The number of aliphatic hydroxyl groups excluding tert-OH is 2. The molecule has 2 aromatic heterocycles. The Hall–Kier alpha value is -1.39. The van der Waals surface area contributed by atoms with Crippen molar-refractivity contribution in [3.05, 3.63) is 35.9 Å². The van der Waals surface area contributed by atoms with Crippen LogP contribution in [-0.2, 0) is 0 Å². The van der Waals surface area contributed by atoms with Gasteiger partial charge < -0.3 is 14.6 Å². The van der Waals surface area contributed by atoms with Crippen molar-refractivity contribution in [1.29, 1.82) is 0 Å². The summed E-state index contributed by atoms with van der Waals surface area (Å²) in [6, 6.07) is 2.09. The van der Waals surface area contributed by atoms with Gasteiger partial charge in [-0.15, -0.1) is 0 Å². The smallest absolute Gasteiger partial charge is 0.0992 e. The highest BCUT2D eigenvalue weighted by Crippen LogP contribution is 2.39. The summed E-state index contributed by atoms with van der Waals surface area (Å²) in [6.45, 7) is 4.31. The van der Waals surface area contributed by atoms with E-state index in [0.717, 1.165) is 36.8 Å². The van der Waals surface area contributed by atoms with Crippen LogP contribution in [0.25, 0.3) is 5.52 Å². The van der Waals surface area contributed by atoms with Crippen molar-refractivity contribution in [2.75, 3.05) is 0 Å². The third kappa shape index (κ3) is 2.70. The molecule has 0 aliphatic heterocycles. The van der Waals surface area contributed by atoms with Crippen LogP contribution in [0.15, 0.2) is 24.8 Å². The van der Waals surface area contributed by atoms with Crippen molar-refractivity contribution in [1.82, 2.24) is 9.38 Å². The Labute approximate surface area is 125 Å². The first-order chi connectivity index (χ1) is 10.1. The number of hydrogen-bond donors (Lipinski definition) is 2. The molecule has 2 aromatic rings. The van der Waals surface area contributed by atoms with E-state index in [1.165, 1.54) is 5.56 Å². The van der Waals surface area contributed by atoms with E-state index in [0.29, 0.717) is 5.92 Å². The summed E-state index contributed by atoms with van der Waals surface area (Å²) < 4.78 is 1.97. The van der Waals surface area contributed by atoms with Gasteiger partial charge in [-0.1, -0.05) is 13.8 Å². The first-order valence-electron chi connectivity index (χ1n) is 7.88. The largest absolute Gasteiger partial charge is 0.393 e. The molecule has 114 valence electrons. The van der Waals surface area contributed by atoms with Crippen LogP contribution in [0.4, 0.5) is 0 Å². The van der Waals surface area contributed by atoms with Crippen molar-refractivity contribution in [3.8, 4) is 0 Å². The zero-order chi connectivity index (χ0) is 15.0. The Bertz CT molecular complexity index is 612. The van der Waals surface area contributed by atoms with Gasteiger partial charge in [0.25, 0.3) is 0 Å². The van der Waals surface area contributed by atoms with Gasteiger partial charge in [-0.05, 0) is 49.1 Å². The van der Waals surface area contributed by atoms with E-state index in [9.17, 15) is 10.2 Å². The molecule has 4 nitrogen and oxygen atoms in total. The lowest BCUT2D eigenvalue weighted by molar-refractivity contribution is 0.0414. The number of fused-ring (bicyclic) bond motifs is 1. The van der Waals surface area contributed by atoms with Crippen LogP contribution in [0, 0.1) is 5.92 Å². The second kappa shape index (κ2) is 5.78. The summed E-state index contributed by atoms with van der Waals surface area (Å²) >= 11 is 0. The minimum Gasteiger partial charge on any atom is -0.393 e. The van der Waals surface area contributed by atoms with E-state index in [1.807, 2.05) is 16.8 Å². The monoisotopic (exact) mass is 288 g/mol. The van der Waals surface area contributed by atoms with Crippen LogP contribution >= 0.6 is 0 Å². The van der Waals surface area contributed by atoms with E-state index in [1.54, 1.807) is 6.33 Å². The summed E-state index contributed by atoms with van der Waals surface area (Å²) in [5.74, 6) is 0.593. The number of hydrogen-bond acceptors (Lipinski definition) is 3. The lowest BCUT2D eigenvalue weighted by Crippen LogP contribution is -2.24. The Morgan fingerprint density at radius 1 is 1.24 bits per heavy atom. The maximum Gasteiger partial charge on any atom is 0.0992 e. The van der Waals surface area contributed by atoms with Gasteiger partial charge in [0.1, 0.15) is 0 Å². The molecule has 2 heterocycles. The molecule has 0 radical (unpaired) electrons. The molecule has 4 heteroatoms. The highest BCUT2D eigenvalue weighted by Gasteiger charge is 2.29. The second-order valence-electron chi connectivity index (χ2n) is 6.54. The van der Waals surface area contributed by atoms with E-state index in [-0.39, 0.29) is 12.0 Å². The quantitative estimate of drug-likeness (QED) is 0.912. The molecule has 0 amide bonds. The van der Waals surface area contributed by atoms with Crippen molar-refractivity contribution >= 4 is 5.52 Å². The minimum absolute atomic E-state index is 0.191. The predicted octanol–water partition coefficient (Wildman–Crippen LogP) is 3.04. The summed E-state index contributed by atoms with van der Waals surface area (Å²) in [7, 11) is 0. The highest BCUT2D eigenvalue weighted by atomic mass is 16.3. The van der Waals surface area contributed by atoms with Crippen LogP contribution in [0.3, 0.4) is 0 Å². The topological polar surface area (TPSA) is 57.8 Å². The third-order valence-electron chi connectivity index (χ3n) is 4.77. The Kier molecular flexibility index (Phi) is 4.00. The van der Waals surface area contributed by atoms with Gasteiger partial charge in [0.15, 0.2) is 0 Å². The van der Waals surface area contributed by atoms with Crippen LogP contribution < -0.4 is 0 Å².